The Bertz CT molecular complexity index is 603. The van der Waals surface area contributed by atoms with Gasteiger partial charge in [0, 0.05) is 12.6 Å². The summed E-state index contributed by atoms with van der Waals surface area (Å²) in [7, 11) is 0. The van der Waals surface area contributed by atoms with E-state index in [-0.39, 0.29) is 5.91 Å². The summed E-state index contributed by atoms with van der Waals surface area (Å²) in [6.45, 7) is 3.24. The number of carbonyl (C=O) groups is 1. The molecule has 0 saturated heterocycles. The van der Waals surface area contributed by atoms with Crippen LogP contribution in [-0.2, 0) is 11.2 Å². The van der Waals surface area contributed by atoms with E-state index >= 15 is 0 Å². The van der Waals surface area contributed by atoms with Crippen molar-refractivity contribution in [3.8, 4) is 5.75 Å². The van der Waals surface area contributed by atoms with Gasteiger partial charge < -0.3 is 10.1 Å². The molecule has 0 saturated carbocycles. The van der Waals surface area contributed by atoms with Crippen molar-refractivity contribution in [3.63, 3.8) is 0 Å². The fraction of sp³-hybridized carbons (Fsp3) is 0.211. The molecule has 0 aliphatic carbocycles. The summed E-state index contributed by atoms with van der Waals surface area (Å²) >= 11 is 0. The molecule has 1 N–H and O–H groups in total. The molecule has 0 aromatic heterocycles. The van der Waals surface area contributed by atoms with Crippen LogP contribution in [0.3, 0.4) is 0 Å². The molecule has 3 heteroatoms. The van der Waals surface area contributed by atoms with E-state index in [4.69, 9.17) is 4.74 Å². The maximum atomic E-state index is 11.8. The first kappa shape index (κ1) is 15.8. The predicted molar refractivity (Wildman–Crippen MR) is 89.8 cm³/mol. The number of carbonyl (C=O) groups excluding carboxylic acids is 1. The molecule has 0 unspecified atom stereocenters. The van der Waals surface area contributed by atoms with Gasteiger partial charge in [-0.05, 0) is 42.7 Å². The van der Waals surface area contributed by atoms with Gasteiger partial charge in [-0.2, -0.15) is 0 Å². The molecule has 0 heterocycles. The number of hydrogen-bond donors (Lipinski definition) is 1. The van der Waals surface area contributed by atoms with Crippen molar-refractivity contribution < 1.29 is 9.53 Å². The van der Waals surface area contributed by atoms with Gasteiger partial charge in [0.25, 0.3) is 0 Å². The monoisotopic (exact) mass is 295 g/mol. The molecule has 0 aliphatic heterocycles. The second-order valence-electron chi connectivity index (χ2n) is 4.86. The van der Waals surface area contributed by atoms with E-state index in [0.717, 1.165) is 17.7 Å². The van der Waals surface area contributed by atoms with Gasteiger partial charge >= 0.3 is 0 Å². The van der Waals surface area contributed by atoms with Crippen LogP contribution >= 0.6 is 0 Å². The van der Waals surface area contributed by atoms with E-state index < -0.39 is 0 Å². The lowest BCUT2D eigenvalue weighted by molar-refractivity contribution is -0.116. The van der Waals surface area contributed by atoms with Crippen molar-refractivity contribution >= 4 is 12.0 Å². The molecular weight excluding hydrogens is 274 g/mol. The molecule has 1 amide bonds. The summed E-state index contributed by atoms with van der Waals surface area (Å²) in [4.78, 5) is 11.8. The van der Waals surface area contributed by atoms with Crippen LogP contribution in [0, 0.1) is 0 Å². The predicted octanol–water partition coefficient (Wildman–Crippen LogP) is 3.46. The zero-order valence-electron chi connectivity index (χ0n) is 12.8. The Hall–Kier alpha value is -2.55. The minimum Gasteiger partial charge on any atom is -0.494 e. The van der Waals surface area contributed by atoms with Crippen molar-refractivity contribution in [3.05, 3.63) is 71.8 Å². The molecule has 0 fully saturated rings. The van der Waals surface area contributed by atoms with Crippen LogP contribution in [0.5, 0.6) is 5.75 Å². The average molecular weight is 295 g/mol. The SMILES string of the molecule is CCOc1ccc(/C=C/C(=O)NCCc2ccccc2)cc1. The van der Waals surface area contributed by atoms with Crippen LogP contribution in [0.25, 0.3) is 6.08 Å². The van der Waals surface area contributed by atoms with Crippen molar-refractivity contribution in [1.82, 2.24) is 5.32 Å². The van der Waals surface area contributed by atoms with Gasteiger partial charge in [-0.25, -0.2) is 0 Å². The summed E-state index contributed by atoms with van der Waals surface area (Å²) in [5.41, 5.74) is 2.19. The first-order chi connectivity index (χ1) is 10.8. The molecule has 3 nitrogen and oxygen atoms in total. The normalized spacial score (nSPS) is 10.6. The molecular formula is C19H21NO2. The molecule has 114 valence electrons. The van der Waals surface area contributed by atoms with Gasteiger partial charge in [0.1, 0.15) is 5.75 Å². The van der Waals surface area contributed by atoms with Gasteiger partial charge in [-0.1, -0.05) is 42.5 Å². The Kier molecular flexibility index (Phi) is 6.24. The molecule has 0 aliphatic rings. The standard InChI is InChI=1S/C19H21NO2/c1-2-22-18-11-8-17(9-12-18)10-13-19(21)20-15-14-16-6-4-3-5-7-16/h3-13H,2,14-15H2,1H3,(H,20,21)/b13-10+. The number of rotatable bonds is 7. The molecule has 2 rings (SSSR count). The summed E-state index contributed by atoms with van der Waals surface area (Å²) < 4.78 is 5.38. The first-order valence-corrected chi connectivity index (χ1v) is 7.50. The van der Waals surface area contributed by atoms with Crippen LogP contribution in [-0.4, -0.2) is 19.1 Å². The largest absolute Gasteiger partial charge is 0.494 e. The van der Waals surface area contributed by atoms with E-state index in [2.05, 4.69) is 17.4 Å². The Balaban J connectivity index is 1.76. The molecule has 2 aromatic rings. The summed E-state index contributed by atoms with van der Waals surface area (Å²) in [5.74, 6) is 0.761. The van der Waals surface area contributed by atoms with Gasteiger partial charge in [-0.15, -0.1) is 0 Å². The van der Waals surface area contributed by atoms with Gasteiger partial charge in [-0.3, -0.25) is 4.79 Å². The number of benzene rings is 2. The van der Waals surface area contributed by atoms with Gasteiger partial charge in [0.2, 0.25) is 5.91 Å². The highest BCUT2D eigenvalue weighted by Gasteiger charge is 1.97. The summed E-state index contributed by atoms with van der Waals surface area (Å²) in [5, 5.41) is 2.88. The third-order valence-electron chi connectivity index (χ3n) is 3.17. The fourth-order valence-electron chi connectivity index (χ4n) is 2.05. The Morgan fingerprint density at radius 1 is 1.09 bits per heavy atom. The zero-order chi connectivity index (χ0) is 15.6. The first-order valence-electron chi connectivity index (χ1n) is 7.50. The van der Waals surface area contributed by atoms with Crippen molar-refractivity contribution in [1.29, 1.82) is 0 Å². The van der Waals surface area contributed by atoms with Crippen molar-refractivity contribution in [2.75, 3.05) is 13.2 Å². The Morgan fingerprint density at radius 2 is 1.82 bits per heavy atom. The minimum atomic E-state index is -0.0789. The maximum Gasteiger partial charge on any atom is 0.244 e. The van der Waals surface area contributed by atoms with E-state index in [1.807, 2.05) is 49.4 Å². The maximum absolute atomic E-state index is 11.8. The van der Waals surface area contributed by atoms with Gasteiger partial charge in [0.05, 0.1) is 6.61 Å². The van der Waals surface area contributed by atoms with Crippen LogP contribution in [0.4, 0.5) is 0 Å². The quantitative estimate of drug-likeness (QED) is 0.794. The van der Waals surface area contributed by atoms with Crippen LogP contribution < -0.4 is 10.1 Å². The summed E-state index contributed by atoms with van der Waals surface area (Å²) in [6, 6.07) is 17.8. The number of hydrogen-bond acceptors (Lipinski definition) is 2. The molecule has 0 spiro atoms. The summed E-state index contributed by atoms with van der Waals surface area (Å²) in [6.07, 6.45) is 4.19. The topological polar surface area (TPSA) is 38.3 Å². The van der Waals surface area contributed by atoms with E-state index in [1.165, 1.54) is 5.56 Å². The number of amides is 1. The van der Waals surface area contributed by atoms with Crippen LogP contribution in [0.1, 0.15) is 18.1 Å². The lowest BCUT2D eigenvalue weighted by Gasteiger charge is -2.03. The van der Waals surface area contributed by atoms with E-state index in [0.29, 0.717) is 13.2 Å². The third kappa shape index (κ3) is 5.44. The third-order valence-corrected chi connectivity index (χ3v) is 3.17. The molecule has 0 atom stereocenters. The highest BCUT2D eigenvalue weighted by atomic mass is 16.5. The molecule has 0 radical (unpaired) electrons. The molecule has 0 bridgehead atoms. The lowest BCUT2D eigenvalue weighted by atomic mass is 10.1. The highest BCUT2D eigenvalue weighted by molar-refractivity contribution is 5.91. The fourth-order valence-corrected chi connectivity index (χ4v) is 2.05. The highest BCUT2D eigenvalue weighted by Crippen LogP contribution is 2.12. The molecule has 2 aromatic carbocycles. The Labute approximate surface area is 131 Å². The second-order valence-corrected chi connectivity index (χ2v) is 4.86. The number of ether oxygens (including phenoxy) is 1. The average Bonchev–Trinajstić information content (AvgIpc) is 2.55. The smallest absolute Gasteiger partial charge is 0.244 e. The molecule has 22 heavy (non-hydrogen) atoms. The Morgan fingerprint density at radius 3 is 2.50 bits per heavy atom. The van der Waals surface area contributed by atoms with Crippen LogP contribution in [0.2, 0.25) is 0 Å². The second kappa shape index (κ2) is 8.67. The van der Waals surface area contributed by atoms with Crippen molar-refractivity contribution in [2.45, 2.75) is 13.3 Å². The lowest BCUT2D eigenvalue weighted by Crippen LogP contribution is -2.23. The number of nitrogens with one attached hydrogen (secondary N) is 1. The van der Waals surface area contributed by atoms with E-state index in [9.17, 15) is 4.79 Å². The zero-order valence-corrected chi connectivity index (χ0v) is 12.8. The van der Waals surface area contributed by atoms with E-state index in [1.54, 1.807) is 12.2 Å². The minimum absolute atomic E-state index is 0.0789. The van der Waals surface area contributed by atoms with Crippen molar-refractivity contribution in [2.24, 2.45) is 0 Å². The van der Waals surface area contributed by atoms with Gasteiger partial charge in [0.15, 0.2) is 0 Å². The van der Waals surface area contributed by atoms with Crippen LogP contribution in [0.15, 0.2) is 60.7 Å².